The number of carbonyl (C=O) groups excluding carboxylic acids is 1. The van der Waals surface area contributed by atoms with Crippen molar-refractivity contribution in [2.45, 2.75) is 39.2 Å². The third-order valence-corrected chi connectivity index (χ3v) is 2.73. The molecule has 4 nitrogen and oxygen atoms in total. The molecule has 0 fully saturated rings. The van der Waals surface area contributed by atoms with Crippen LogP contribution in [-0.2, 0) is 10.2 Å². The largest absolute Gasteiger partial charge is 0.491 e. The Morgan fingerprint density at radius 2 is 2.00 bits per heavy atom. The molecule has 0 aromatic heterocycles. The lowest BCUT2D eigenvalue weighted by molar-refractivity contribution is -0.119. The first-order valence-electron chi connectivity index (χ1n) is 6.00. The van der Waals surface area contributed by atoms with E-state index in [0.29, 0.717) is 0 Å². The van der Waals surface area contributed by atoms with Crippen molar-refractivity contribution in [3.05, 3.63) is 29.3 Å². The van der Waals surface area contributed by atoms with Gasteiger partial charge in [0.05, 0.1) is 0 Å². The van der Waals surface area contributed by atoms with Crippen LogP contribution < -0.4 is 16.2 Å². The summed E-state index contributed by atoms with van der Waals surface area (Å²) in [6.07, 6.45) is 0. The van der Waals surface area contributed by atoms with Gasteiger partial charge in [-0.2, -0.15) is 0 Å². The minimum atomic E-state index is -0.779. The summed E-state index contributed by atoms with van der Waals surface area (Å²) in [5.41, 5.74) is 12.8. The third-order valence-electron chi connectivity index (χ3n) is 2.73. The molecule has 1 aromatic rings. The Morgan fingerprint density at radius 1 is 1.39 bits per heavy atom. The van der Waals surface area contributed by atoms with Crippen LogP contribution >= 0.6 is 0 Å². The maximum atomic E-state index is 10.9. The highest BCUT2D eigenvalue weighted by atomic mass is 16.5. The summed E-state index contributed by atoms with van der Waals surface area (Å²) >= 11 is 0. The summed E-state index contributed by atoms with van der Waals surface area (Å²) in [4.78, 5) is 10.9. The fourth-order valence-electron chi connectivity index (χ4n) is 1.63. The van der Waals surface area contributed by atoms with Crippen LogP contribution in [0.1, 0.15) is 31.9 Å². The van der Waals surface area contributed by atoms with Gasteiger partial charge >= 0.3 is 0 Å². The number of aryl methyl sites for hydroxylation is 1. The predicted molar refractivity (Wildman–Crippen MR) is 72.5 cm³/mol. The molecule has 1 aromatic carbocycles. The zero-order valence-corrected chi connectivity index (χ0v) is 11.5. The number of benzene rings is 1. The standard InChI is InChI=1S/C14H22N2O2/c1-9-5-6-10(14(2,3)4)12(7-9)18-8-11(15)13(16)17/h5-7,11H,8,15H2,1-4H3,(H2,16,17). The van der Waals surface area contributed by atoms with Crippen LogP contribution in [0, 0.1) is 6.92 Å². The molecule has 1 atom stereocenters. The second kappa shape index (κ2) is 5.40. The van der Waals surface area contributed by atoms with Gasteiger partial charge < -0.3 is 16.2 Å². The molecule has 0 bridgehead atoms. The molecule has 1 unspecified atom stereocenters. The van der Waals surface area contributed by atoms with Gasteiger partial charge in [0, 0.05) is 0 Å². The number of rotatable bonds is 4. The van der Waals surface area contributed by atoms with Crippen LogP contribution in [0.2, 0.25) is 0 Å². The zero-order valence-electron chi connectivity index (χ0n) is 11.5. The van der Waals surface area contributed by atoms with Gasteiger partial charge in [0.2, 0.25) is 5.91 Å². The molecule has 1 amide bonds. The van der Waals surface area contributed by atoms with E-state index in [1.54, 1.807) is 0 Å². The van der Waals surface area contributed by atoms with Crippen molar-refractivity contribution in [2.75, 3.05) is 6.61 Å². The molecule has 1 rings (SSSR count). The van der Waals surface area contributed by atoms with Gasteiger partial charge in [-0.1, -0.05) is 32.9 Å². The highest BCUT2D eigenvalue weighted by molar-refractivity contribution is 5.79. The molecular weight excluding hydrogens is 228 g/mol. The summed E-state index contributed by atoms with van der Waals surface area (Å²) in [5.74, 6) is 0.208. The Balaban J connectivity index is 2.93. The van der Waals surface area contributed by atoms with Crippen LogP contribution in [0.5, 0.6) is 5.75 Å². The average molecular weight is 250 g/mol. The molecule has 4 N–H and O–H groups in total. The van der Waals surface area contributed by atoms with E-state index in [1.807, 2.05) is 25.1 Å². The Bertz CT molecular complexity index is 436. The quantitative estimate of drug-likeness (QED) is 0.849. The molecule has 0 saturated carbocycles. The van der Waals surface area contributed by atoms with Crippen molar-refractivity contribution in [2.24, 2.45) is 11.5 Å². The van der Waals surface area contributed by atoms with E-state index in [9.17, 15) is 4.79 Å². The third kappa shape index (κ3) is 3.74. The van der Waals surface area contributed by atoms with Crippen LogP contribution in [0.25, 0.3) is 0 Å². The van der Waals surface area contributed by atoms with E-state index >= 15 is 0 Å². The summed E-state index contributed by atoms with van der Waals surface area (Å²) < 4.78 is 5.64. The van der Waals surface area contributed by atoms with Gasteiger partial charge in [0.25, 0.3) is 0 Å². The molecule has 4 heteroatoms. The fourth-order valence-corrected chi connectivity index (χ4v) is 1.63. The van der Waals surface area contributed by atoms with E-state index in [2.05, 4.69) is 20.8 Å². The maximum Gasteiger partial charge on any atom is 0.237 e. The van der Waals surface area contributed by atoms with Crippen LogP contribution in [0.3, 0.4) is 0 Å². The molecule has 0 radical (unpaired) electrons. The molecule has 0 spiro atoms. The number of ether oxygens (including phenoxy) is 1. The molecule has 0 saturated heterocycles. The van der Waals surface area contributed by atoms with Crippen LogP contribution in [0.4, 0.5) is 0 Å². The highest BCUT2D eigenvalue weighted by Crippen LogP contribution is 2.32. The Kier molecular flexibility index (Phi) is 4.35. The van der Waals surface area contributed by atoms with Crippen molar-refractivity contribution in [3.8, 4) is 5.75 Å². The summed E-state index contributed by atoms with van der Waals surface area (Å²) in [6.45, 7) is 8.42. The lowest BCUT2D eigenvalue weighted by Crippen LogP contribution is -2.41. The molecule has 0 heterocycles. The normalized spacial score (nSPS) is 13.2. The van der Waals surface area contributed by atoms with Crippen LogP contribution in [0.15, 0.2) is 18.2 Å². The van der Waals surface area contributed by atoms with Crippen LogP contribution in [-0.4, -0.2) is 18.6 Å². The van der Waals surface area contributed by atoms with Crippen molar-refractivity contribution in [1.82, 2.24) is 0 Å². The minimum Gasteiger partial charge on any atom is -0.491 e. The molecule has 0 aliphatic carbocycles. The first-order chi connectivity index (χ1) is 8.21. The SMILES string of the molecule is Cc1ccc(C(C)(C)C)c(OCC(N)C(N)=O)c1. The average Bonchev–Trinajstić information content (AvgIpc) is 2.23. The molecule has 0 aliphatic rings. The molecule has 0 aliphatic heterocycles. The Hall–Kier alpha value is -1.55. The van der Waals surface area contributed by atoms with E-state index in [0.717, 1.165) is 16.9 Å². The number of nitrogens with two attached hydrogens (primary N) is 2. The summed E-state index contributed by atoms with van der Waals surface area (Å²) in [5, 5.41) is 0. The van der Waals surface area contributed by atoms with Gasteiger partial charge in [-0.05, 0) is 29.5 Å². The monoisotopic (exact) mass is 250 g/mol. The smallest absolute Gasteiger partial charge is 0.237 e. The highest BCUT2D eigenvalue weighted by Gasteiger charge is 2.20. The van der Waals surface area contributed by atoms with E-state index in [4.69, 9.17) is 16.2 Å². The summed E-state index contributed by atoms with van der Waals surface area (Å²) in [7, 11) is 0. The van der Waals surface area contributed by atoms with Crippen molar-refractivity contribution in [3.63, 3.8) is 0 Å². The molecular formula is C14H22N2O2. The minimum absolute atomic E-state index is 0.0279. The Labute approximate surface area is 108 Å². The summed E-state index contributed by atoms with van der Waals surface area (Å²) in [6, 6.07) is 5.26. The second-order valence-corrected chi connectivity index (χ2v) is 5.57. The maximum absolute atomic E-state index is 10.9. The lowest BCUT2D eigenvalue weighted by atomic mass is 9.86. The number of hydrogen-bond acceptors (Lipinski definition) is 3. The lowest BCUT2D eigenvalue weighted by Gasteiger charge is -2.23. The van der Waals surface area contributed by atoms with Gasteiger partial charge in [-0.3, -0.25) is 4.79 Å². The molecule has 100 valence electrons. The van der Waals surface area contributed by atoms with Crippen molar-refractivity contribution in [1.29, 1.82) is 0 Å². The number of amides is 1. The number of carbonyl (C=O) groups is 1. The Morgan fingerprint density at radius 3 is 2.50 bits per heavy atom. The van der Waals surface area contributed by atoms with Gasteiger partial charge in [0.15, 0.2) is 0 Å². The topological polar surface area (TPSA) is 78.3 Å². The fraction of sp³-hybridized carbons (Fsp3) is 0.500. The van der Waals surface area contributed by atoms with Gasteiger partial charge in [-0.25, -0.2) is 0 Å². The first kappa shape index (κ1) is 14.5. The predicted octanol–water partition coefficient (Wildman–Crippen LogP) is 1.48. The molecule has 18 heavy (non-hydrogen) atoms. The number of primary amides is 1. The van der Waals surface area contributed by atoms with Gasteiger partial charge in [-0.15, -0.1) is 0 Å². The number of hydrogen-bond donors (Lipinski definition) is 2. The van der Waals surface area contributed by atoms with E-state index in [1.165, 1.54) is 0 Å². The van der Waals surface area contributed by atoms with E-state index < -0.39 is 11.9 Å². The van der Waals surface area contributed by atoms with Gasteiger partial charge in [0.1, 0.15) is 18.4 Å². The van der Waals surface area contributed by atoms with Crippen molar-refractivity contribution >= 4 is 5.91 Å². The second-order valence-electron chi connectivity index (χ2n) is 5.57. The van der Waals surface area contributed by atoms with E-state index in [-0.39, 0.29) is 12.0 Å². The zero-order chi connectivity index (χ0) is 13.9. The van der Waals surface area contributed by atoms with Crippen molar-refractivity contribution < 1.29 is 9.53 Å². The first-order valence-corrected chi connectivity index (χ1v) is 6.00.